The second kappa shape index (κ2) is 6.41. The van der Waals surface area contributed by atoms with Gasteiger partial charge in [0.05, 0.1) is 10.2 Å². The molecule has 0 fully saturated rings. The Morgan fingerprint density at radius 1 is 1.24 bits per heavy atom. The smallest absolute Gasteiger partial charge is 0.147 e. The molecule has 0 aliphatic rings. The third-order valence-corrected chi connectivity index (χ3v) is 4.85. The summed E-state index contributed by atoms with van der Waals surface area (Å²) in [5, 5.41) is 5.57. The molecule has 2 aromatic heterocycles. The molecule has 3 aromatic rings. The van der Waals surface area contributed by atoms with Crippen LogP contribution in [0.3, 0.4) is 0 Å². The molecule has 0 aliphatic carbocycles. The Balaban J connectivity index is 1.82. The molecule has 0 spiro atoms. The van der Waals surface area contributed by atoms with Crippen molar-refractivity contribution < 1.29 is 0 Å². The van der Waals surface area contributed by atoms with Crippen molar-refractivity contribution in [2.75, 3.05) is 11.2 Å². The molecule has 0 amide bonds. The number of fused-ring (bicyclic) bond motifs is 1. The molecule has 0 aliphatic heterocycles. The topological polar surface area (TPSA) is 37.8 Å². The van der Waals surface area contributed by atoms with E-state index in [-0.39, 0.29) is 6.04 Å². The predicted octanol–water partition coefficient (Wildman–Crippen LogP) is 4.26. The number of nitrogens with one attached hydrogen (secondary N) is 1. The molecule has 5 heteroatoms. The van der Waals surface area contributed by atoms with Gasteiger partial charge in [0.15, 0.2) is 0 Å². The first-order valence-electron chi connectivity index (χ1n) is 6.83. The fourth-order valence-electron chi connectivity index (χ4n) is 2.31. The molecule has 1 N–H and O–H groups in total. The van der Waals surface area contributed by atoms with E-state index in [1.54, 1.807) is 17.7 Å². The van der Waals surface area contributed by atoms with Gasteiger partial charge in [0, 0.05) is 11.9 Å². The number of aromatic nitrogens is 2. The lowest BCUT2D eigenvalue weighted by Gasteiger charge is -2.17. The summed E-state index contributed by atoms with van der Waals surface area (Å²) in [6.07, 6.45) is 2.48. The maximum atomic E-state index is 6.12. The van der Waals surface area contributed by atoms with Gasteiger partial charge in [-0.05, 0) is 29.9 Å². The van der Waals surface area contributed by atoms with Gasteiger partial charge < -0.3 is 5.32 Å². The molecule has 1 unspecified atom stereocenters. The molecule has 1 atom stereocenters. The summed E-state index contributed by atoms with van der Waals surface area (Å²) in [6, 6.07) is 10.5. The molecular weight excluding hydrogens is 302 g/mol. The molecule has 1 aromatic carbocycles. The predicted molar refractivity (Wildman–Crippen MR) is 90.4 cm³/mol. The van der Waals surface area contributed by atoms with Crippen molar-refractivity contribution in [3.05, 3.63) is 53.2 Å². The highest BCUT2D eigenvalue weighted by molar-refractivity contribution is 7.18. The summed E-state index contributed by atoms with van der Waals surface area (Å²) in [5.74, 6) is 1.41. The number of thiophene rings is 1. The molecule has 2 heterocycles. The van der Waals surface area contributed by atoms with Crippen molar-refractivity contribution in [3.8, 4) is 0 Å². The number of aryl methyl sites for hydroxylation is 1. The van der Waals surface area contributed by atoms with Crippen molar-refractivity contribution in [2.45, 2.75) is 19.4 Å². The summed E-state index contributed by atoms with van der Waals surface area (Å²) in [4.78, 5) is 8.72. The van der Waals surface area contributed by atoms with E-state index < -0.39 is 0 Å². The normalized spacial score (nSPS) is 12.5. The number of nitrogens with zero attached hydrogens (tertiary/aromatic N) is 2. The molecule has 108 valence electrons. The van der Waals surface area contributed by atoms with E-state index in [1.807, 2.05) is 18.2 Å². The summed E-state index contributed by atoms with van der Waals surface area (Å²) in [5.41, 5.74) is 3.47. The van der Waals surface area contributed by atoms with Gasteiger partial charge in [0.25, 0.3) is 0 Å². The fraction of sp³-hybridized carbons (Fsp3) is 0.250. The van der Waals surface area contributed by atoms with Crippen molar-refractivity contribution >= 4 is 39.0 Å². The maximum Gasteiger partial charge on any atom is 0.147 e. The summed E-state index contributed by atoms with van der Waals surface area (Å²) >= 11 is 7.79. The Hall–Kier alpha value is -1.65. The zero-order chi connectivity index (χ0) is 14.7. The molecule has 0 bridgehead atoms. The third-order valence-electron chi connectivity index (χ3n) is 3.38. The van der Waals surface area contributed by atoms with E-state index in [0.717, 1.165) is 22.5 Å². The number of hydrogen-bond donors (Lipinski definition) is 1. The van der Waals surface area contributed by atoms with Crippen LogP contribution in [0.5, 0.6) is 0 Å². The lowest BCUT2D eigenvalue weighted by molar-refractivity contribution is 0.792. The summed E-state index contributed by atoms with van der Waals surface area (Å²) in [7, 11) is 0. The maximum absolute atomic E-state index is 6.12. The van der Waals surface area contributed by atoms with Crippen molar-refractivity contribution in [1.29, 1.82) is 0 Å². The first kappa shape index (κ1) is 14.3. The van der Waals surface area contributed by atoms with Crippen LogP contribution in [0.15, 0.2) is 42.0 Å². The average molecular weight is 318 g/mol. The second-order valence-electron chi connectivity index (χ2n) is 5.00. The SMILES string of the molecule is Cc1csc2c(NC(CCl)Cc3ccccc3)ncnc12. The van der Waals surface area contributed by atoms with Gasteiger partial charge >= 0.3 is 0 Å². The minimum Gasteiger partial charge on any atom is -0.365 e. The number of anilines is 1. The monoisotopic (exact) mass is 317 g/mol. The van der Waals surface area contributed by atoms with Gasteiger partial charge in [0.1, 0.15) is 12.1 Å². The number of hydrogen-bond acceptors (Lipinski definition) is 4. The molecule has 3 nitrogen and oxygen atoms in total. The molecule has 3 rings (SSSR count). The highest BCUT2D eigenvalue weighted by atomic mass is 35.5. The standard InChI is InChI=1S/C16H16ClN3S/c1-11-9-21-15-14(11)18-10-19-16(15)20-13(8-17)7-12-5-3-2-4-6-12/h2-6,9-10,13H,7-8H2,1H3,(H,18,19,20). The van der Waals surface area contributed by atoms with Crippen LogP contribution in [0.25, 0.3) is 10.2 Å². The second-order valence-corrected chi connectivity index (χ2v) is 6.19. The third kappa shape index (κ3) is 3.17. The van der Waals surface area contributed by atoms with Crippen molar-refractivity contribution in [3.63, 3.8) is 0 Å². The Morgan fingerprint density at radius 3 is 2.81 bits per heavy atom. The minimum absolute atomic E-state index is 0.148. The summed E-state index contributed by atoms with van der Waals surface area (Å²) < 4.78 is 1.10. The largest absolute Gasteiger partial charge is 0.365 e. The van der Waals surface area contributed by atoms with E-state index in [1.165, 1.54) is 11.1 Å². The lowest BCUT2D eigenvalue weighted by Crippen LogP contribution is -2.24. The van der Waals surface area contributed by atoms with E-state index >= 15 is 0 Å². The van der Waals surface area contributed by atoms with Crippen LogP contribution in [0, 0.1) is 6.92 Å². The number of halogens is 1. The molecule has 0 radical (unpaired) electrons. The lowest BCUT2D eigenvalue weighted by atomic mass is 10.1. The Bertz CT molecular complexity index is 727. The minimum atomic E-state index is 0.148. The van der Waals surface area contributed by atoms with Gasteiger partial charge in [-0.25, -0.2) is 9.97 Å². The number of rotatable bonds is 5. The Morgan fingerprint density at radius 2 is 2.05 bits per heavy atom. The highest BCUT2D eigenvalue weighted by Crippen LogP contribution is 2.29. The number of benzene rings is 1. The van der Waals surface area contributed by atoms with Crippen LogP contribution in [-0.2, 0) is 6.42 Å². The number of alkyl halides is 1. The molecular formula is C16H16ClN3S. The Kier molecular flexibility index (Phi) is 4.36. The van der Waals surface area contributed by atoms with Gasteiger partial charge in [-0.3, -0.25) is 0 Å². The van der Waals surface area contributed by atoms with Crippen molar-refractivity contribution in [1.82, 2.24) is 9.97 Å². The first-order valence-corrected chi connectivity index (χ1v) is 8.24. The van der Waals surface area contributed by atoms with Crippen LogP contribution in [-0.4, -0.2) is 21.9 Å². The van der Waals surface area contributed by atoms with Crippen LogP contribution in [0.1, 0.15) is 11.1 Å². The molecule has 21 heavy (non-hydrogen) atoms. The van der Waals surface area contributed by atoms with E-state index in [2.05, 4.69) is 39.7 Å². The highest BCUT2D eigenvalue weighted by Gasteiger charge is 2.13. The van der Waals surface area contributed by atoms with E-state index in [4.69, 9.17) is 11.6 Å². The van der Waals surface area contributed by atoms with Crippen molar-refractivity contribution in [2.24, 2.45) is 0 Å². The van der Waals surface area contributed by atoms with Crippen LogP contribution < -0.4 is 5.32 Å². The van der Waals surface area contributed by atoms with Gasteiger partial charge in [-0.15, -0.1) is 22.9 Å². The van der Waals surface area contributed by atoms with Gasteiger partial charge in [0.2, 0.25) is 0 Å². The molecule has 0 saturated heterocycles. The quantitative estimate of drug-likeness (QED) is 0.714. The van der Waals surface area contributed by atoms with E-state index in [9.17, 15) is 0 Å². The van der Waals surface area contributed by atoms with Gasteiger partial charge in [-0.1, -0.05) is 30.3 Å². The zero-order valence-electron chi connectivity index (χ0n) is 11.7. The van der Waals surface area contributed by atoms with Gasteiger partial charge in [-0.2, -0.15) is 0 Å². The fourth-order valence-corrected chi connectivity index (χ4v) is 3.45. The average Bonchev–Trinajstić information content (AvgIpc) is 2.90. The Labute approximate surface area is 133 Å². The zero-order valence-corrected chi connectivity index (χ0v) is 13.3. The molecule has 0 saturated carbocycles. The van der Waals surface area contributed by atoms with Crippen LogP contribution >= 0.6 is 22.9 Å². The van der Waals surface area contributed by atoms with E-state index in [0.29, 0.717) is 5.88 Å². The van der Waals surface area contributed by atoms with Crippen LogP contribution in [0.2, 0.25) is 0 Å². The first-order chi connectivity index (χ1) is 10.3. The summed E-state index contributed by atoms with van der Waals surface area (Å²) in [6.45, 7) is 2.07. The van der Waals surface area contributed by atoms with Crippen LogP contribution in [0.4, 0.5) is 5.82 Å².